The van der Waals surface area contributed by atoms with Crippen LogP contribution in [-0.2, 0) is 10.5 Å². The van der Waals surface area contributed by atoms with Crippen molar-refractivity contribution < 1.29 is 19.4 Å². The number of carbonyl (C=O) groups excluding carboxylic acids is 2. The van der Waals surface area contributed by atoms with E-state index in [1.54, 1.807) is 48.9 Å². The summed E-state index contributed by atoms with van der Waals surface area (Å²) in [7, 11) is 1.55. The van der Waals surface area contributed by atoms with E-state index in [1.165, 1.54) is 44.9 Å². The van der Waals surface area contributed by atoms with E-state index < -0.39 is 23.5 Å². The van der Waals surface area contributed by atoms with Crippen LogP contribution in [0.3, 0.4) is 0 Å². The van der Waals surface area contributed by atoms with Crippen molar-refractivity contribution in [1.29, 1.82) is 0 Å². The van der Waals surface area contributed by atoms with E-state index in [9.17, 15) is 14.7 Å². The molecule has 182 valence electrons. The topological polar surface area (TPSA) is 92.6 Å². The predicted molar refractivity (Wildman–Crippen MR) is 142 cm³/mol. The van der Waals surface area contributed by atoms with E-state index in [1.807, 2.05) is 6.92 Å². The van der Waals surface area contributed by atoms with Gasteiger partial charge in [-0.05, 0) is 41.6 Å². The number of ether oxygens (including phenoxy) is 1. The molecule has 1 N–H and O–H groups in total. The number of aryl methyl sites for hydroxylation is 1. The lowest BCUT2D eigenvalue weighted by atomic mass is 9.95. The molecule has 1 aliphatic rings. The molecule has 1 amide bonds. The molecule has 2 aromatic heterocycles. The number of thiophene rings is 1. The van der Waals surface area contributed by atoms with Crippen LogP contribution in [0.4, 0.5) is 5.13 Å². The van der Waals surface area contributed by atoms with Gasteiger partial charge in [0.15, 0.2) is 10.1 Å². The summed E-state index contributed by atoms with van der Waals surface area (Å²) in [6, 6.07) is 17.9. The highest BCUT2D eigenvalue weighted by Crippen LogP contribution is 2.44. The number of aliphatic hydroxyl groups is 1. The summed E-state index contributed by atoms with van der Waals surface area (Å²) in [6.07, 6.45) is 0. The molecule has 0 aliphatic carbocycles. The van der Waals surface area contributed by atoms with Crippen molar-refractivity contribution in [3.63, 3.8) is 0 Å². The van der Waals surface area contributed by atoms with Crippen LogP contribution in [0, 0.1) is 6.92 Å². The normalized spacial score (nSPS) is 15.6. The summed E-state index contributed by atoms with van der Waals surface area (Å²) in [5, 5.41) is 21.5. The number of thioether (sulfide) groups is 1. The number of rotatable bonds is 8. The Morgan fingerprint density at radius 2 is 1.94 bits per heavy atom. The molecule has 5 rings (SSSR count). The van der Waals surface area contributed by atoms with Crippen LogP contribution in [0.15, 0.2) is 81.7 Å². The Hall–Kier alpha value is -3.47. The van der Waals surface area contributed by atoms with Crippen LogP contribution in [0.2, 0.25) is 0 Å². The molecular formula is C26H21N3O4S3. The van der Waals surface area contributed by atoms with Gasteiger partial charge in [-0.1, -0.05) is 71.1 Å². The lowest BCUT2D eigenvalue weighted by molar-refractivity contribution is -0.117. The van der Waals surface area contributed by atoms with Crippen molar-refractivity contribution in [3.05, 3.63) is 98.9 Å². The van der Waals surface area contributed by atoms with Crippen LogP contribution in [-0.4, -0.2) is 34.1 Å². The zero-order valence-electron chi connectivity index (χ0n) is 19.4. The van der Waals surface area contributed by atoms with Gasteiger partial charge in [0.1, 0.15) is 5.75 Å². The average Bonchev–Trinajstić information content (AvgIpc) is 3.64. The van der Waals surface area contributed by atoms with Crippen LogP contribution < -0.4 is 9.64 Å². The van der Waals surface area contributed by atoms with Gasteiger partial charge in [-0.15, -0.1) is 21.5 Å². The van der Waals surface area contributed by atoms with Crippen LogP contribution in [0.5, 0.6) is 5.75 Å². The zero-order valence-corrected chi connectivity index (χ0v) is 21.8. The zero-order chi connectivity index (χ0) is 25.2. The maximum atomic E-state index is 13.4. The second-order valence-electron chi connectivity index (χ2n) is 8.05. The fraction of sp³-hybridized carbons (Fsp3) is 0.154. The number of amides is 1. The molecule has 0 radical (unpaired) electrons. The van der Waals surface area contributed by atoms with E-state index in [0.29, 0.717) is 31.4 Å². The Morgan fingerprint density at radius 3 is 2.67 bits per heavy atom. The number of Topliss-reactive ketones (excluding diaryl/α,β-unsaturated/α-hetero) is 1. The van der Waals surface area contributed by atoms with E-state index >= 15 is 0 Å². The Balaban J connectivity index is 1.49. The van der Waals surface area contributed by atoms with Crippen molar-refractivity contribution in [3.8, 4) is 5.75 Å². The molecule has 0 spiro atoms. The van der Waals surface area contributed by atoms with Gasteiger partial charge in [-0.2, -0.15) is 0 Å². The molecule has 0 bridgehead atoms. The highest BCUT2D eigenvalue weighted by atomic mass is 32.2. The first-order valence-electron chi connectivity index (χ1n) is 11.0. The lowest BCUT2D eigenvalue weighted by Crippen LogP contribution is -2.31. The molecule has 10 heteroatoms. The minimum atomic E-state index is -0.870. The van der Waals surface area contributed by atoms with E-state index in [0.717, 1.165) is 5.56 Å². The van der Waals surface area contributed by atoms with Crippen molar-refractivity contribution in [1.82, 2.24) is 10.2 Å². The lowest BCUT2D eigenvalue weighted by Gasteiger charge is -2.24. The third-order valence-corrected chi connectivity index (χ3v) is 8.69. The highest BCUT2D eigenvalue weighted by molar-refractivity contribution is 8.00. The summed E-state index contributed by atoms with van der Waals surface area (Å²) < 4.78 is 6.05. The van der Waals surface area contributed by atoms with Crippen LogP contribution in [0.25, 0.3) is 0 Å². The third-order valence-electron chi connectivity index (χ3n) is 5.69. The molecule has 7 nitrogen and oxygen atoms in total. The number of benzene rings is 2. The number of carbonyl (C=O) groups is 2. The van der Waals surface area contributed by atoms with Crippen molar-refractivity contribution in [2.75, 3.05) is 12.0 Å². The minimum absolute atomic E-state index is 0.0137. The van der Waals surface area contributed by atoms with Gasteiger partial charge >= 0.3 is 0 Å². The number of hydrogen-bond acceptors (Lipinski definition) is 9. The summed E-state index contributed by atoms with van der Waals surface area (Å²) in [5.74, 6) is -0.391. The van der Waals surface area contributed by atoms with Gasteiger partial charge in [-0.25, -0.2) is 0 Å². The molecular weight excluding hydrogens is 515 g/mol. The van der Waals surface area contributed by atoms with Crippen molar-refractivity contribution in [2.45, 2.75) is 23.1 Å². The van der Waals surface area contributed by atoms with Gasteiger partial charge < -0.3 is 9.84 Å². The quantitative estimate of drug-likeness (QED) is 0.168. The number of ketones is 1. The highest BCUT2D eigenvalue weighted by Gasteiger charge is 2.46. The van der Waals surface area contributed by atoms with Crippen molar-refractivity contribution in [2.24, 2.45) is 0 Å². The number of aliphatic hydroxyl groups excluding tert-OH is 1. The van der Waals surface area contributed by atoms with Gasteiger partial charge in [0, 0.05) is 5.75 Å². The first-order chi connectivity index (χ1) is 17.5. The second kappa shape index (κ2) is 10.3. The fourth-order valence-electron chi connectivity index (χ4n) is 3.89. The molecule has 0 saturated heterocycles. The monoisotopic (exact) mass is 535 g/mol. The number of anilines is 1. The summed E-state index contributed by atoms with van der Waals surface area (Å²) in [4.78, 5) is 28.5. The van der Waals surface area contributed by atoms with E-state index in [-0.39, 0.29) is 5.57 Å². The fourth-order valence-corrected chi connectivity index (χ4v) is 6.39. The van der Waals surface area contributed by atoms with Gasteiger partial charge in [0.05, 0.1) is 23.6 Å². The smallest absolute Gasteiger partial charge is 0.296 e. The summed E-state index contributed by atoms with van der Waals surface area (Å²) >= 11 is 4.02. The number of nitrogens with zero attached hydrogens (tertiary/aromatic N) is 3. The van der Waals surface area contributed by atoms with Gasteiger partial charge in [0.2, 0.25) is 10.9 Å². The molecule has 1 unspecified atom stereocenters. The number of methoxy groups -OCH3 is 1. The summed E-state index contributed by atoms with van der Waals surface area (Å²) in [6.45, 7) is 2.04. The standard InChI is InChI=1S/C26H21N3O4S3/c1-15-8-10-16(11-9-15)14-35-26-28-27-25(36-26)29-21(17-5-3-6-18(13-17)33-2)20(23(31)24(29)32)22(30)19-7-4-12-34-19/h3-13,21,31H,14H2,1-2H3. The molecule has 0 fully saturated rings. The largest absolute Gasteiger partial charge is 0.503 e. The first kappa shape index (κ1) is 24.2. The Morgan fingerprint density at radius 1 is 1.14 bits per heavy atom. The second-order valence-corrected chi connectivity index (χ2v) is 11.2. The molecule has 36 heavy (non-hydrogen) atoms. The van der Waals surface area contributed by atoms with E-state index in [2.05, 4.69) is 34.5 Å². The van der Waals surface area contributed by atoms with Gasteiger partial charge in [0.25, 0.3) is 5.91 Å². The first-order valence-corrected chi connectivity index (χ1v) is 13.6. The van der Waals surface area contributed by atoms with Crippen LogP contribution >= 0.6 is 34.4 Å². The molecule has 1 atom stereocenters. The maximum absolute atomic E-state index is 13.4. The summed E-state index contributed by atoms with van der Waals surface area (Å²) in [5.41, 5.74) is 2.98. The Kier molecular flexibility index (Phi) is 6.90. The SMILES string of the molecule is COc1cccc(C2C(C(=O)c3cccs3)=C(O)C(=O)N2c2nnc(SCc3ccc(C)cc3)s2)c1. The molecule has 2 aromatic carbocycles. The van der Waals surface area contributed by atoms with Gasteiger partial charge in [-0.3, -0.25) is 14.5 Å². The predicted octanol–water partition coefficient (Wildman–Crippen LogP) is 5.99. The maximum Gasteiger partial charge on any atom is 0.296 e. The Bertz CT molecular complexity index is 1450. The minimum Gasteiger partial charge on any atom is -0.503 e. The van der Waals surface area contributed by atoms with Crippen molar-refractivity contribution >= 4 is 51.3 Å². The molecule has 3 heterocycles. The third kappa shape index (κ3) is 4.67. The number of aromatic nitrogens is 2. The molecule has 0 saturated carbocycles. The average molecular weight is 536 g/mol. The number of hydrogen-bond donors (Lipinski definition) is 1. The molecule has 4 aromatic rings. The van der Waals surface area contributed by atoms with Crippen LogP contribution in [0.1, 0.15) is 32.4 Å². The Labute approximate surface area is 220 Å². The molecule has 1 aliphatic heterocycles. The van der Waals surface area contributed by atoms with E-state index in [4.69, 9.17) is 4.74 Å².